The topological polar surface area (TPSA) is 307 Å². The van der Waals surface area contributed by atoms with E-state index >= 15 is 0 Å². The largest absolute Gasteiger partial charge is 0.394 e. The van der Waals surface area contributed by atoms with Crippen LogP contribution in [0.1, 0.15) is 284 Å². The predicted octanol–water partition coefficient (Wildman–Crippen LogP) is 13.7. The maximum Gasteiger partial charge on any atom is 0.220 e. The molecule has 0 spiro atoms. The molecule has 3 aliphatic heterocycles. The predicted molar refractivity (Wildman–Crippen MR) is 410 cm³/mol. The molecular weight excluding hydrogens is 1310 g/mol. The Kier molecular flexibility index (Phi) is 57.6. The number of allylic oxidation sites excluding steroid dienone is 17. The summed E-state index contributed by atoms with van der Waals surface area (Å²) < 4.78 is 34.4. The van der Waals surface area contributed by atoms with Gasteiger partial charge in [-0.25, -0.2) is 0 Å². The fourth-order valence-corrected chi connectivity index (χ4v) is 13.1. The molecule has 3 rings (SSSR count). The summed E-state index contributed by atoms with van der Waals surface area (Å²) in [5, 5.41) is 121. The van der Waals surface area contributed by atoms with E-state index in [-0.39, 0.29) is 18.9 Å². The summed E-state index contributed by atoms with van der Waals surface area (Å²) >= 11 is 0. The average Bonchev–Trinajstić information content (AvgIpc) is 0.781. The van der Waals surface area contributed by atoms with Crippen molar-refractivity contribution in [3.8, 4) is 0 Å². The molecule has 103 heavy (non-hydrogen) atoms. The van der Waals surface area contributed by atoms with Crippen LogP contribution in [0.3, 0.4) is 0 Å². The van der Waals surface area contributed by atoms with Crippen molar-refractivity contribution < 1.29 is 89.4 Å². The van der Waals surface area contributed by atoms with E-state index in [9.17, 15) is 61.0 Å². The molecule has 0 aromatic heterocycles. The van der Waals surface area contributed by atoms with Crippen molar-refractivity contribution in [2.24, 2.45) is 0 Å². The normalized spacial score (nSPS) is 26.6. The molecule has 12 N–H and O–H groups in total. The smallest absolute Gasteiger partial charge is 0.220 e. The number of nitrogens with one attached hydrogen (secondary N) is 1. The van der Waals surface area contributed by atoms with Gasteiger partial charge in [0, 0.05) is 6.42 Å². The SMILES string of the molecule is CC/C=C\C/C=C\C/C=C\C/C=C\C/C=C\C/C=C\C/C=C\C/C=C\CCCCC(=O)NC(COC1OC(CO)C(OC2OC(CO)C(OC3OC(CO)C(O)C(O)C3O)C(O)C2O)C(O)C1O)C(O)/C=C/CCCCCCCCCCCCCCCCCCCCCCCCCCCCCCC. The van der Waals surface area contributed by atoms with Crippen LogP contribution in [-0.4, -0.2) is 193 Å². The monoisotopic (exact) mass is 1460 g/mol. The number of carbonyl (C=O) groups is 1. The van der Waals surface area contributed by atoms with E-state index in [1.165, 1.54) is 167 Å². The molecule has 19 heteroatoms. The summed E-state index contributed by atoms with van der Waals surface area (Å²) in [4.78, 5) is 13.5. The van der Waals surface area contributed by atoms with Crippen LogP contribution >= 0.6 is 0 Å². The van der Waals surface area contributed by atoms with Gasteiger partial charge in [0.2, 0.25) is 5.91 Å². The molecule has 594 valence electrons. The van der Waals surface area contributed by atoms with Crippen molar-refractivity contribution in [3.05, 3.63) is 109 Å². The number of rotatable bonds is 63. The van der Waals surface area contributed by atoms with Crippen LogP contribution in [0.4, 0.5) is 0 Å². The lowest BCUT2D eigenvalue weighted by molar-refractivity contribution is -0.379. The maximum atomic E-state index is 13.5. The van der Waals surface area contributed by atoms with Crippen LogP contribution < -0.4 is 5.32 Å². The minimum atomic E-state index is -1.99. The van der Waals surface area contributed by atoms with E-state index in [1.54, 1.807) is 6.08 Å². The Balaban J connectivity index is 1.40. The molecule has 1 amide bonds. The first-order chi connectivity index (χ1) is 50.3. The van der Waals surface area contributed by atoms with Gasteiger partial charge >= 0.3 is 0 Å². The third-order valence-corrected chi connectivity index (χ3v) is 19.6. The van der Waals surface area contributed by atoms with Crippen LogP contribution in [-0.2, 0) is 33.2 Å². The summed E-state index contributed by atoms with van der Waals surface area (Å²) in [5.41, 5.74) is 0. The van der Waals surface area contributed by atoms with Crippen molar-refractivity contribution in [3.63, 3.8) is 0 Å². The fraction of sp³-hybridized carbons (Fsp3) is 0.774. The number of unbranched alkanes of at least 4 members (excludes halogenated alkanes) is 31. The molecule has 0 bridgehead atoms. The Bertz CT molecular complexity index is 2290. The van der Waals surface area contributed by atoms with Crippen molar-refractivity contribution in [1.29, 1.82) is 0 Å². The number of ether oxygens (including phenoxy) is 6. The van der Waals surface area contributed by atoms with E-state index < -0.39 is 124 Å². The van der Waals surface area contributed by atoms with E-state index in [0.29, 0.717) is 6.42 Å². The average molecular weight is 1460 g/mol. The number of hydrogen-bond acceptors (Lipinski definition) is 18. The molecule has 3 fully saturated rings. The van der Waals surface area contributed by atoms with Gasteiger partial charge in [0.1, 0.15) is 73.2 Å². The summed E-state index contributed by atoms with van der Waals surface area (Å²) in [6, 6.07) is -1.01. The van der Waals surface area contributed by atoms with Crippen molar-refractivity contribution in [2.45, 2.75) is 388 Å². The van der Waals surface area contributed by atoms with Gasteiger partial charge in [0.05, 0.1) is 38.6 Å². The highest BCUT2D eigenvalue weighted by atomic mass is 16.8. The molecule has 0 saturated carbocycles. The number of amides is 1. The molecule has 0 aromatic rings. The second-order valence-electron chi connectivity index (χ2n) is 28.5. The molecule has 17 atom stereocenters. The Hall–Kier alpha value is -3.55. The second-order valence-corrected chi connectivity index (χ2v) is 28.5. The lowest BCUT2D eigenvalue weighted by atomic mass is 9.96. The molecule has 0 aliphatic carbocycles. The summed E-state index contributed by atoms with van der Waals surface area (Å²) in [6.45, 7) is 1.61. The first-order valence-electron chi connectivity index (χ1n) is 40.6. The van der Waals surface area contributed by atoms with Gasteiger partial charge in [-0.2, -0.15) is 0 Å². The zero-order valence-electron chi connectivity index (χ0n) is 63.5. The van der Waals surface area contributed by atoms with Crippen LogP contribution in [0.15, 0.2) is 109 Å². The highest BCUT2D eigenvalue weighted by molar-refractivity contribution is 5.76. The quantitative estimate of drug-likeness (QED) is 0.0199. The number of aliphatic hydroxyl groups excluding tert-OH is 11. The summed E-state index contributed by atoms with van der Waals surface area (Å²) in [7, 11) is 0. The molecule has 3 saturated heterocycles. The van der Waals surface area contributed by atoms with Crippen molar-refractivity contribution in [2.75, 3.05) is 26.4 Å². The Morgan fingerprint density at radius 2 is 0.670 bits per heavy atom. The molecule has 17 unspecified atom stereocenters. The van der Waals surface area contributed by atoms with Crippen molar-refractivity contribution in [1.82, 2.24) is 5.32 Å². The first kappa shape index (κ1) is 93.7. The lowest BCUT2D eigenvalue weighted by Gasteiger charge is -2.48. The molecular formula is C84H145NO18. The summed E-state index contributed by atoms with van der Waals surface area (Å²) in [5.74, 6) is -0.319. The molecule has 0 aromatic carbocycles. The van der Waals surface area contributed by atoms with E-state index in [4.69, 9.17) is 28.4 Å². The first-order valence-corrected chi connectivity index (χ1v) is 40.6. The van der Waals surface area contributed by atoms with E-state index in [0.717, 1.165) is 89.9 Å². The molecule has 3 heterocycles. The zero-order chi connectivity index (χ0) is 74.6. The standard InChI is InChI=1S/C84H145NO18/c1-3-5-7-9-11-13-15-17-19-21-23-25-27-29-31-32-33-34-36-37-39-41-43-45-47-49-51-53-55-57-59-61-68(89)67(85-72(90)62-60-58-56-54-52-50-48-46-44-42-40-38-35-30-28-26-24-22-20-18-16-14-12-10-8-6-4-2)66-98-82-78(96)75(93)80(70(64-87)100-82)103-84-79(97)76(94)81(71(65-88)101-84)102-83-77(95)74(92)73(91)69(63-86)99-83/h6,8,12,14,18,20,24,26,30,35,40,42,46,48,52,54,59,61,67-71,73-84,86-89,91-97H,3-5,7,9-11,13,15-17,19,21-23,25,27-29,31-34,36-39,41,43-45,47,49-51,53,55-58,60,62-66H2,1-2H3,(H,85,90)/b8-6-,14-12-,20-18-,26-24-,35-30-,42-40-,48-46-,54-52-,61-59+. The van der Waals surface area contributed by atoms with Gasteiger partial charge in [-0.3, -0.25) is 4.79 Å². The van der Waals surface area contributed by atoms with Gasteiger partial charge < -0.3 is 89.9 Å². The van der Waals surface area contributed by atoms with Gasteiger partial charge in [-0.1, -0.05) is 303 Å². The van der Waals surface area contributed by atoms with Gasteiger partial charge in [0.15, 0.2) is 18.9 Å². The lowest BCUT2D eigenvalue weighted by Crippen LogP contribution is -2.66. The Morgan fingerprint density at radius 3 is 1.05 bits per heavy atom. The van der Waals surface area contributed by atoms with Crippen LogP contribution in [0.2, 0.25) is 0 Å². The summed E-state index contributed by atoms with van der Waals surface area (Å²) in [6.07, 6.45) is 60.8. The number of hydrogen-bond donors (Lipinski definition) is 12. The highest BCUT2D eigenvalue weighted by Crippen LogP contribution is 2.33. The van der Waals surface area contributed by atoms with Crippen LogP contribution in [0.5, 0.6) is 0 Å². The maximum absolute atomic E-state index is 13.5. The third-order valence-electron chi connectivity index (χ3n) is 19.6. The van der Waals surface area contributed by atoms with Gasteiger partial charge in [-0.15, -0.1) is 0 Å². The fourth-order valence-electron chi connectivity index (χ4n) is 13.1. The van der Waals surface area contributed by atoms with Crippen LogP contribution in [0.25, 0.3) is 0 Å². The zero-order valence-corrected chi connectivity index (χ0v) is 63.5. The second kappa shape index (κ2) is 63.4. The van der Waals surface area contributed by atoms with Gasteiger partial charge in [0.25, 0.3) is 0 Å². The third kappa shape index (κ3) is 43.3. The number of carbonyl (C=O) groups excluding carboxylic acids is 1. The molecule has 19 nitrogen and oxygen atoms in total. The minimum absolute atomic E-state index is 0.181. The van der Waals surface area contributed by atoms with Crippen LogP contribution in [0, 0.1) is 0 Å². The Morgan fingerprint density at radius 1 is 0.359 bits per heavy atom. The van der Waals surface area contributed by atoms with Gasteiger partial charge in [-0.05, 0) is 83.5 Å². The minimum Gasteiger partial charge on any atom is -0.394 e. The highest BCUT2D eigenvalue weighted by Gasteiger charge is 2.54. The van der Waals surface area contributed by atoms with E-state index in [2.05, 4.69) is 116 Å². The van der Waals surface area contributed by atoms with E-state index in [1.807, 2.05) is 6.08 Å². The Labute approximate surface area is 621 Å². The molecule has 3 aliphatic rings. The molecule has 0 radical (unpaired) electrons. The van der Waals surface area contributed by atoms with Crippen molar-refractivity contribution >= 4 is 5.91 Å². The number of aliphatic hydroxyl groups is 11.